The lowest BCUT2D eigenvalue weighted by atomic mass is 10.2. The van der Waals surface area contributed by atoms with Gasteiger partial charge in [0, 0.05) is 20.3 Å². The molecular formula is C13H15F5O5Si. The zero-order chi connectivity index (χ0) is 18.7. The fourth-order valence-electron chi connectivity index (χ4n) is 1.71. The Labute approximate surface area is 135 Å². The topological polar surface area (TPSA) is 54.0 Å². The molecule has 0 heterocycles. The number of hydrogen-bond acceptors (Lipinski definition) is 5. The fourth-order valence-corrected chi connectivity index (χ4v) is 3.52. The van der Waals surface area contributed by atoms with Crippen LogP contribution in [-0.2, 0) is 18.0 Å². The lowest BCUT2D eigenvalue weighted by Gasteiger charge is -2.33. The van der Waals surface area contributed by atoms with Gasteiger partial charge in [-0.1, -0.05) is 0 Å². The number of alkyl halides is 2. The minimum Gasteiger partial charge on any atom is -0.394 e. The summed E-state index contributed by atoms with van der Waals surface area (Å²) in [6.45, 7) is 2.82. The Bertz CT molecular complexity index is 607. The molecule has 0 spiro atoms. The van der Waals surface area contributed by atoms with E-state index in [4.69, 9.17) is 4.43 Å². The highest BCUT2D eigenvalue weighted by molar-refractivity contribution is 6.63. The highest BCUT2D eigenvalue weighted by Gasteiger charge is 2.69. The van der Waals surface area contributed by atoms with Crippen LogP contribution in [0.1, 0.15) is 24.2 Å². The van der Waals surface area contributed by atoms with Crippen molar-refractivity contribution in [1.29, 1.82) is 0 Å². The summed E-state index contributed by atoms with van der Waals surface area (Å²) in [4.78, 5) is 11.7. The Kier molecular flexibility index (Phi) is 6.44. The van der Waals surface area contributed by atoms with Crippen LogP contribution in [0, 0.1) is 17.5 Å². The molecule has 0 amide bonds. The lowest BCUT2D eigenvalue weighted by molar-refractivity contribution is -0.190. The molecule has 1 rings (SSSR count). The van der Waals surface area contributed by atoms with Crippen LogP contribution in [0.2, 0.25) is 0 Å². The van der Waals surface area contributed by atoms with Crippen molar-refractivity contribution in [3.05, 3.63) is 35.1 Å². The third-order valence-electron chi connectivity index (χ3n) is 2.76. The lowest BCUT2D eigenvalue weighted by Crippen LogP contribution is -2.62. The predicted molar refractivity (Wildman–Crippen MR) is 72.7 cm³/mol. The highest BCUT2D eigenvalue weighted by Crippen LogP contribution is 2.33. The number of benzene rings is 1. The van der Waals surface area contributed by atoms with E-state index in [0.29, 0.717) is 12.1 Å². The van der Waals surface area contributed by atoms with Gasteiger partial charge in [0.05, 0.1) is 5.56 Å². The Morgan fingerprint density at radius 2 is 1.62 bits per heavy atom. The van der Waals surface area contributed by atoms with Gasteiger partial charge in [0.25, 0.3) is 0 Å². The van der Waals surface area contributed by atoms with Crippen molar-refractivity contribution in [2.45, 2.75) is 25.7 Å². The van der Waals surface area contributed by atoms with Crippen LogP contribution >= 0.6 is 0 Å². The van der Waals surface area contributed by atoms with E-state index in [1.165, 1.54) is 13.8 Å². The van der Waals surface area contributed by atoms with Crippen molar-refractivity contribution in [2.24, 2.45) is 0 Å². The molecule has 0 saturated heterocycles. The summed E-state index contributed by atoms with van der Waals surface area (Å²) < 4.78 is 86.2. The Morgan fingerprint density at radius 1 is 1.08 bits per heavy atom. The average molecular weight is 374 g/mol. The molecule has 0 aliphatic heterocycles. The van der Waals surface area contributed by atoms with Gasteiger partial charge < -0.3 is 18.0 Å². The number of rotatable bonds is 7. The van der Waals surface area contributed by atoms with Crippen LogP contribution in [-0.4, -0.2) is 40.8 Å². The molecule has 0 N–H and O–H groups in total. The molecule has 0 radical (unpaired) electrons. The normalized spacial score (nSPS) is 12.6. The van der Waals surface area contributed by atoms with E-state index >= 15 is 0 Å². The molecule has 0 bridgehead atoms. The van der Waals surface area contributed by atoms with Gasteiger partial charge in [-0.2, -0.15) is 8.78 Å². The van der Waals surface area contributed by atoms with Gasteiger partial charge in [0.1, 0.15) is 0 Å². The number of carbonyl (C=O) groups is 1. The van der Waals surface area contributed by atoms with Crippen molar-refractivity contribution in [3.63, 3.8) is 0 Å². The van der Waals surface area contributed by atoms with Crippen LogP contribution in [0.4, 0.5) is 22.0 Å². The molecule has 1 aromatic rings. The van der Waals surface area contributed by atoms with Crippen molar-refractivity contribution >= 4 is 14.8 Å². The average Bonchev–Trinajstić information content (AvgIpc) is 2.49. The maximum atomic E-state index is 14.3. The summed E-state index contributed by atoms with van der Waals surface area (Å²) >= 11 is 0. The van der Waals surface area contributed by atoms with Crippen molar-refractivity contribution in [1.82, 2.24) is 0 Å². The summed E-state index contributed by atoms with van der Waals surface area (Å²) in [7, 11) is -3.12. The van der Waals surface area contributed by atoms with Crippen LogP contribution in [0.15, 0.2) is 12.1 Å². The number of esters is 1. The van der Waals surface area contributed by atoms with Crippen molar-refractivity contribution < 1.29 is 44.8 Å². The molecule has 1 aromatic carbocycles. The molecule has 0 unspecified atom stereocenters. The van der Waals surface area contributed by atoms with Crippen LogP contribution in [0.5, 0.6) is 0 Å². The Morgan fingerprint density at radius 3 is 2.08 bits per heavy atom. The minimum absolute atomic E-state index is 0.398. The van der Waals surface area contributed by atoms with Crippen LogP contribution in [0.25, 0.3) is 0 Å². The summed E-state index contributed by atoms with van der Waals surface area (Å²) in [5, 5.41) is 0. The fraction of sp³-hybridized carbons (Fsp3) is 0.462. The molecule has 5 nitrogen and oxygen atoms in total. The van der Waals surface area contributed by atoms with Gasteiger partial charge in [-0.3, -0.25) is 0 Å². The predicted octanol–water partition coefficient (Wildman–Crippen LogP) is 3.05. The molecule has 0 aliphatic carbocycles. The van der Waals surface area contributed by atoms with Gasteiger partial charge in [0.15, 0.2) is 17.5 Å². The summed E-state index contributed by atoms with van der Waals surface area (Å²) in [5.41, 5.74) is -5.62. The minimum atomic E-state index is -4.84. The standard InChI is InChI=1S/C13H15F5O5Si/c1-7(2)23-24(20-3,21-4)13(17,18)22-12(19)8-5-6-9(14)11(16)10(8)15/h5-7H,1-4H3. The first kappa shape index (κ1) is 20.5. The van der Waals surface area contributed by atoms with E-state index in [1.54, 1.807) is 0 Å². The van der Waals surface area contributed by atoms with Gasteiger partial charge in [-0.15, -0.1) is 0 Å². The maximum Gasteiger partial charge on any atom is 0.627 e. The Balaban J connectivity index is 3.16. The summed E-state index contributed by atoms with van der Waals surface area (Å²) in [5.74, 6) is -7.47. The first-order valence-electron chi connectivity index (χ1n) is 6.54. The quantitative estimate of drug-likeness (QED) is 0.318. The molecule has 0 fully saturated rings. The zero-order valence-corrected chi connectivity index (χ0v) is 14.2. The summed E-state index contributed by atoms with van der Waals surface area (Å²) in [6, 6.07) is 0.868. The van der Waals surface area contributed by atoms with E-state index in [-0.39, 0.29) is 0 Å². The molecule has 0 saturated carbocycles. The van der Waals surface area contributed by atoms with E-state index in [9.17, 15) is 26.7 Å². The number of ether oxygens (including phenoxy) is 1. The molecule has 24 heavy (non-hydrogen) atoms. The van der Waals surface area contributed by atoms with Gasteiger partial charge >= 0.3 is 20.5 Å². The van der Waals surface area contributed by atoms with E-state index in [1.807, 2.05) is 0 Å². The third kappa shape index (κ3) is 3.91. The highest BCUT2D eigenvalue weighted by atomic mass is 28.4. The van der Waals surface area contributed by atoms with Crippen molar-refractivity contribution in [3.8, 4) is 0 Å². The largest absolute Gasteiger partial charge is 0.627 e. The van der Waals surface area contributed by atoms with E-state index < -0.39 is 49.6 Å². The SMILES string of the molecule is CO[Si](OC)(OC(C)C)C(F)(F)OC(=O)c1ccc(F)c(F)c1F. The summed E-state index contributed by atoms with van der Waals surface area (Å²) in [6.07, 6.45) is -0.777. The van der Waals surface area contributed by atoms with Gasteiger partial charge in [-0.25, -0.2) is 18.0 Å². The van der Waals surface area contributed by atoms with E-state index in [2.05, 4.69) is 13.6 Å². The van der Waals surface area contributed by atoms with Crippen LogP contribution < -0.4 is 0 Å². The maximum absolute atomic E-state index is 14.3. The van der Waals surface area contributed by atoms with Crippen LogP contribution in [0.3, 0.4) is 0 Å². The monoisotopic (exact) mass is 374 g/mol. The smallest absolute Gasteiger partial charge is 0.394 e. The molecular weight excluding hydrogens is 359 g/mol. The second-order valence-corrected chi connectivity index (χ2v) is 7.51. The molecule has 0 aromatic heterocycles. The van der Waals surface area contributed by atoms with Gasteiger partial charge in [0.2, 0.25) is 0 Å². The number of hydrogen-bond donors (Lipinski definition) is 0. The number of halogens is 5. The Hall–Kier alpha value is -1.56. The van der Waals surface area contributed by atoms with Gasteiger partial charge in [-0.05, 0) is 26.0 Å². The van der Waals surface area contributed by atoms with E-state index in [0.717, 1.165) is 14.2 Å². The molecule has 11 heteroatoms. The first-order chi connectivity index (χ1) is 11.0. The first-order valence-corrected chi connectivity index (χ1v) is 8.26. The van der Waals surface area contributed by atoms with Crippen molar-refractivity contribution in [2.75, 3.05) is 14.2 Å². The number of carbonyl (C=O) groups excluding carboxylic acids is 1. The third-order valence-corrected chi connectivity index (χ3v) is 5.43. The zero-order valence-electron chi connectivity index (χ0n) is 13.2. The molecule has 136 valence electrons. The molecule has 0 aliphatic rings. The second kappa shape index (κ2) is 7.55. The molecule has 0 atom stereocenters. The second-order valence-electron chi connectivity index (χ2n) is 4.76.